The van der Waals surface area contributed by atoms with Gasteiger partial charge < -0.3 is 0 Å². The fourth-order valence-corrected chi connectivity index (χ4v) is 2.94. The molecular formula is C21H15N. The lowest BCUT2D eigenvalue weighted by molar-refractivity contribution is 1.49. The number of pyridine rings is 1. The Balaban J connectivity index is 2.13. The van der Waals surface area contributed by atoms with Gasteiger partial charge in [-0.05, 0) is 23.3 Å². The van der Waals surface area contributed by atoms with Crippen molar-refractivity contribution in [2.75, 3.05) is 0 Å². The number of hydrogen-bond acceptors (Lipinski definition) is 1. The summed E-state index contributed by atoms with van der Waals surface area (Å²) in [5.41, 5.74) is 5.65. The van der Waals surface area contributed by atoms with Crippen molar-refractivity contribution in [1.29, 1.82) is 0 Å². The lowest BCUT2D eigenvalue weighted by atomic mass is 9.95. The van der Waals surface area contributed by atoms with E-state index in [4.69, 9.17) is 4.98 Å². The molecule has 104 valence electrons. The lowest BCUT2D eigenvalue weighted by Crippen LogP contribution is -1.88. The maximum atomic E-state index is 4.78. The second kappa shape index (κ2) is 5.12. The predicted octanol–water partition coefficient (Wildman–Crippen LogP) is 5.70. The summed E-state index contributed by atoms with van der Waals surface area (Å²) in [4.78, 5) is 4.78. The lowest BCUT2D eigenvalue weighted by Gasteiger charge is -2.11. The molecule has 22 heavy (non-hydrogen) atoms. The summed E-state index contributed by atoms with van der Waals surface area (Å²) in [6.07, 6.45) is 1.87. The fraction of sp³-hybridized carbons (Fsp3) is 0. The van der Waals surface area contributed by atoms with Crippen molar-refractivity contribution in [3.05, 3.63) is 84.9 Å². The highest BCUT2D eigenvalue weighted by atomic mass is 14.7. The molecule has 0 fully saturated rings. The quantitative estimate of drug-likeness (QED) is 0.430. The third kappa shape index (κ3) is 1.99. The largest absolute Gasteiger partial charge is 0.248 e. The summed E-state index contributed by atoms with van der Waals surface area (Å²) in [6, 6.07) is 25.2. The summed E-state index contributed by atoms with van der Waals surface area (Å²) >= 11 is 0. The van der Waals surface area contributed by atoms with E-state index in [2.05, 4.69) is 67.2 Å². The monoisotopic (exact) mass is 281 g/mol. The molecule has 0 aliphatic carbocycles. The molecule has 4 aromatic rings. The van der Waals surface area contributed by atoms with Crippen LogP contribution in [0.2, 0.25) is 0 Å². The van der Waals surface area contributed by atoms with E-state index in [-0.39, 0.29) is 0 Å². The Hall–Kier alpha value is -2.93. The van der Waals surface area contributed by atoms with Gasteiger partial charge >= 0.3 is 0 Å². The number of aromatic nitrogens is 1. The second-order valence-electron chi connectivity index (χ2n) is 5.35. The Kier molecular flexibility index (Phi) is 2.97. The molecule has 1 nitrogen and oxygen atoms in total. The Bertz CT molecular complexity index is 927. The van der Waals surface area contributed by atoms with Crippen molar-refractivity contribution >= 4 is 27.9 Å². The van der Waals surface area contributed by atoms with Gasteiger partial charge in [0.25, 0.3) is 0 Å². The molecule has 0 spiro atoms. The molecule has 1 aromatic heterocycles. The highest BCUT2D eigenvalue weighted by molar-refractivity contribution is 6.09. The van der Waals surface area contributed by atoms with Crippen LogP contribution in [0.5, 0.6) is 0 Å². The molecule has 0 aliphatic rings. The van der Waals surface area contributed by atoms with Gasteiger partial charge in [0, 0.05) is 16.3 Å². The topological polar surface area (TPSA) is 12.9 Å². The molecule has 0 saturated heterocycles. The molecule has 1 heteroatoms. The second-order valence-corrected chi connectivity index (χ2v) is 5.35. The zero-order valence-electron chi connectivity index (χ0n) is 12.2. The zero-order chi connectivity index (χ0) is 14.9. The number of para-hydroxylation sites is 2. The summed E-state index contributed by atoms with van der Waals surface area (Å²) < 4.78 is 0. The minimum Gasteiger partial charge on any atom is -0.248 e. The highest BCUT2D eigenvalue weighted by Crippen LogP contribution is 2.34. The minimum atomic E-state index is 1.03. The first kappa shape index (κ1) is 12.8. The van der Waals surface area contributed by atoms with E-state index in [9.17, 15) is 0 Å². The average molecular weight is 281 g/mol. The van der Waals surface area contributed by atoms with Crippen LogP contribution in [0.15, 0.2) is 79.4 Å². The number of hydrogen-bond donors (Lipinski definition) is 0. The van der Waals surface area contributed by atoms with Gasteiger partial charge in [-0.25, -0.2) is 4.98 Å². The van der Waals surface area contributed by atoms with Gasteiger partial charge in [0.05, 0.1) is 11.0 Å². The van der Waals surface area contributed by atoms with Crippen molar-refractivity contribution in [2.45, 2.75) is 0 Å². The minimum absolute atomic E-state index is 1.03. The van der Waals surface area contributed by atoms with Crippen LogP contribution < -0.4 is 0 Å². The predicted molar refractivity (Wildman–Crippen MR) is 94.8 cm³/mol. The molecule has 0 N–H and O–H groups in total. The molecule has 0 atom stereocenters. The number of rotatable bonds is 2. The SMILES string of the molecule is C=Cc1ccc(-c2c3ccccc3nc3ccccc23)cc1. The summed E-state index contributed by atoms with van der Waals surface area (Å²) in [7, 11) is 0. The van der Waals surface area contributed by atoms with Gasteiger partial charge in [0.2, 0.25) is 0 Å². The van der Waals surface area contributed by atoms with E-state index >= 15 is 0 Å². The molecule has 1 heterocycles. The first-order valence-corrected chi connectivity index (χ1v) is 7.37. The van der Waals surface area contributed by atoms with Crippen LogP contribution in [0.1, 0.15) is 5.56 Å². The summed E-state index contributed by atoms with van der Waals surface area (Å²) in [5, 5.41) is 2.38. The van der Waals surface area contributed by atoms with Crippen molar-refractivity contribution < 1.29 is 0 Å². The van der Waals surface area contributed by atoms with E-state index in [1.165, 1.54) is 21.9 Å². The van der Waals surface area contributed by atoms with Crippen molar-refractivity contribution in [1.82, 2.24) is 4.98 Å². The normalized spacial score (nSPS) is 10.9. The van der Waals surface area contributed by atoms with Crippen molar-refractivity contribution in [3.8, 4) is 11.1 Å². The summed E-state index contributed by atoms with van der Waals surface area (Å²) in [5.74, 6) is 0. The summed E-state index contributed by atoms with van der Waals surface area (Å²) in [6.45, 7) is 3.82. The first-order chi connectivity index (χ1) is 10.9. The third-order valence-corrected chi connectivity index (χ3v) is 4.02. The van der Waals surface area contributed by atoms with Crippen LogP contribution in [0.4, 0.5) is 0 Å². The Morgan fingerprint density at radius 2 is 1.23 bits per heavy atom. The van der Waals surface area contributed by atoms with Gasteiger partial charge in [-0.3, -0.25) is 0 Å². The Morgan fingerprint density at radius 1 is 0.682 bits per heavy atom. The first-order valence-electron chi connectivity index (χ1n) is 7.37. The average Bonchev–Trinajstić information content (AvgIpc) is 2.60. The Morgan fingerprint density at radius 3 is 1.77 bits per heavy atom. The van der Waals surface area contributed by atoms with E-state index in [0.29, 0.717) is 0 Å². The highest BCUT2D eigenvalue weighted by Gasteiger charge is 2.10. The van der Waals surface area contributed by atoms with Crippen LogP contribution >= 0.6 is 0 Å². The smallest absolute Gasteiger partial charge is 0.0715 e. The van der Waals surface area contributed by atoms with E-state index < -0.39 is 0 Å². The van der Waals surface area contributed by atoms with E-state index in [1.807, 2.05) is 18.2 Å². The molecule has 0 amide bonds. The molecule has 3 aromatic carbocycles. The van der Waals surface area contributed by atoms with Crippen LogP contribution in [0, 0.1) is 0 Å². The molecule has 0 radical (unpaired) electrons. The van der Waals surface area contributed by atoms with E-state index in [1.54, 1.807) is 0 Å². The molecular weight excluding hydrogens is 266 g/mol. The Labute approximate surface area is 129 Å². The van der Waals surface area contributed by atoms with Crippen LogP contribution in [0.3, 0.4) is 0 Å². The van der Waals surface area contributed by atoms with Crippen molar-refractivity contribution in [2.24, 2.45) is 0 Å². The van der Waals surface area contributed by atoms with Crippen LogP contribution in [-0.4, -0.2) is 4.98 Å². The van der Waals surface area contributed by atoms with E-state index in [0.717, 1.165) is 16.6 Å². The van der Waals surface area contributed by atoms with Gasteiger partial charge in [-0.1, -0.05) is 73.3 Å². The standard InChI is InChI=1S/C21H15N/c1-2-15-11-13-16(14-12-15)21-17-7-3-5-9-19(17)22-20-10-6-4-8-18(20)21/h2-14H,1H2. The van der Waals surface area contributed by atoms with Crippen LogP contribution in [0.25, 0.3) is 39.0 Å². The number of benzene rings is 3. The number of nitrogens with zero attached hydrogens (tertiary/aromatic N) is 1. The molecule has 0 unspecified atom stereocenters. The molecule has 0 bridgehead atoms. The molecule has 4 rings (SSSR count). The number of fused-ring (bicyclic) bond motifs is 2. The van der Waals surface area contributed by atoms with Gasteiger partial charge in [0.15, 0.2) is 0 Å². The zero-order valence-corrected chi connectivity index (χ0v) is 12.2. The van der Waals surface area contributed by atoms with Crippen molar-refractivity contribution in [3.63, 3.8) is 0 Å². The van der Waals surface area contributed by atoms with Crippen LogP contribution in [-0.2, 0) is 0 Å². The van der Waals surface area contributed by atoms with Gasteiger partial charge in [-0.2, -0.15) is 0 Å². The van der Waals surface area contributed by atoms with Gasteiger partial charge in [-0.15, -0.1) is 0 Å². The maximum Gasteiger partial charge on any atom is 0.0715 e. The van der Waals surface area contributed by atoms with Gasteiger partial charge in [0.1, 0.15) is 0 Å². The fourth-order valence-electron chi connectivity index (χ4n) is 2.94. The third-order valence-electron chi connectivity index (χ3n) is 4.02. The maximum absolute atomic E-state index is 4.78. The molecule has 0 aliphatic heterocycles. The molecule has 0 saturated carbocycles.